The quantitative estimate of drug-likeness (QED) is 0.399. The maximum Gasteiger partial charge on any atom is 0.306 e. The molecule has 3 rings (SSSR count). The molecule has 9 nitrogen and oxygen atoms in total. The summed E-state index contributed by atoms with van der Waals surface area (Å²) in [5, 5.41) is 2.86. The van der Waals surface area contributed by atoms with E-state index >= 15 is 0 Å². The summed E-state index contributed by atoms with van der Waals surface area (Å²) in [4.78, 5) is 24.2. The standard InChI is InChI=1S/C22H32N2O7S/c1-16(22(26)23-15-17-6-3-2-4-7-17)31-21(25)8-5-11-24-32(27,28)18-9-10-19-20(14-18)30-13-12-29-19/h9-10,14,16-17,24H,2-8,11-13,15H2,1H3,(H,23,26). The van der Waals surface area contributed by atoms with Crippen molar-refractivity contribution in [1.82, 2.24) is 10.0 Å². The van der Waals surface area contributed by atoms with Crippen LogP contribution in [0.25, 0.3) is 0 Å². The van der Waals surface area contributed by atoms with Crippen LogP contribution >= 0.6 is 0 Å². The molecule has 2 aliphatic rings. The lowest BCUT2D eigenvalue weighted by Crippen LogP contribution is -2.38. The van der Waals surface area contributed by atoms with Gasteiger partial charge in [0.25, 0.3) is 5.91 Å². The summed E-state index contributed by atoms with van der Waals surface area (Å²) in [5.74, 6) is 0.554. The number of hydrogen-bond acceptors (Lipinski definition) is 7. The fourth-order valence-corrected chi connectivity index (χ4v) is 4.89. The van der Waals surface area contributed by atoms with Gasteiger partial charge in [-0.05, 0) is 44.2 Å². The van der Waals surface area contributed by atoms with Gasteiger partial charge >= 0.3 is 5.97 Å². The number of amides is 1. The van der Waals surface area contributed by atoms with Crippen molar-refractivity contribution < 1.29 is 32.2 Å². The molecule has 0 aromatic heterocycles. The van der Waals surface area contributed by atoms with Gasteiger partial charge in [0.15, 0.2) is 17.6 Å². The van der Waals surface area contributed by atoms with Gasteiger partial charge in [-0.3, -0.25) is 9.59 Å². The van der Waals surface area contributed by atoms with Gasteiger partial charge in [0.2, 0.25) is 10.0 Å². The molecule has 10 heteroatoms. The highest BCUT2D eigenvalue weighted by atomic mass is 32.2. The van der Waals surface area contributed by atoms with Gasteiger partial charge in [0.05, 0.1) is 4.90 Å². The maximum absolute atomic E-state index is 12.5. The minimum absolute atomic E-state index is 0.00387. The molecule has 1 saturated carbocycles. The van der Waals surface area contributed by atoms with Gasteiger partial charge in [-0.2, -0.15) is 0 Å². The molecule has 1 heterocycles. The van der Waals surface area contributed by atoms with Gasteiger partial charge in [-0.1, -0.05) is 19.3 Å². The minimum atomic E-state index is -3.75. The van der Waals surface area contributed by atoms with Gasteiger partial charge in [0.1, 0.15) is 13.2 Å². The first-order valence-electron chi connectivity index (χ1n) is 11.2. The van der Waals surface area contributed by atoms with Crippen molar-refractivity contribution in [2.45, 2.75) is 62.9 Å². The van der Waals surface area contributed by atoms with Crippen LogP contribution in [0.1, 0.15) is 51.9 Å². The monoisotopic (exact) mass is 468 g/mol. The van der Waals surface area contributed by atoms with E-state index in [1.807, 2.05) is 0 Å². The summed E-state index contributed by atoms with van der Waals surface area (Å²) in [6, 6.07) is 4.41. The summed E-state index contributed by atoms with van der Waals surface area (Å²) >= 11 is 0. The molecule has 0 radical (unpaired) electrons. The molecule has 1 aliphatic carbocycles. The van der Waals surface area contributed by atoms with E-state index in [0.29, 0.717) is 37.2 Å². The maximum atomic E-state index is 12.5. The molecule has 2 N–H and O–H groups in total. The number of hydrogen-bond donors (Lipinski definition) is 2. The van der Waals surface area contributed by atoms with Crippen LogP contribution in [0.5, 0.6) is 11.5 Å². The van der Waals surface area contributed by atoms with Crippen molar-refractivity contribution >= 4 is 21.9 Å². The van der Waals surface area contributed by atoms with E-state index in [1.54, 1.807) is 13.0 Å². The Balaban J connectivity index is 1.35. The number of sulfonamides is 1. The molecule has 0 spiro atoms. The Morgan fingerprint density at radius 2 is 1.84 bits per heavy atom. The van der Waals surface area contributed by atoms with E-state index in [0.717, 1.165) is 12.8 Å². The van der Waals surface area contributed by atoms with Crippen LogP contribution in [0.4, 0.5) is 0 Å². The Labute approximate surface area is 189 Å². The van der Waals surface area contributed by atoms with E-state index in [4.69, 9.17) is 14.2 Å². The van der Waals surface area contributed by atoms with Gasteiger partial charge < -0.3 is 19.5 Å². The number of carbonyl (C=O) groups excluding carboxylic acids is 2. The molecule has 1 atom stereocenters. The summed E-state index contributed by atoms with van der Waals surface area (Å²) < 4.78 is 43.3. The number of benzene rings is 1. The molecule has 0 saturated heterocycles. The third kappa shape index (κ3) is 7.09. The molecular weight excluding hydrogens is 436 g/mol. The SMILES string of the molecule is CC(OC(=O)CCCNS(=O)(=O)c1ccc2c(c1)OCCO2)C(=O)NCC1CCCCC1. The molecule has 32 heavy (non-hydrogen) atoms. The molecule has 1 aliphatic heterocycles. The highest BCUT2D eigenvalue weighted by Gasteiger charge is 2.21. The van der Waals surface area contributed by atoms with Crippen molar-refractivity contribution in [3.63, 3.8) is 0 Å². The van der Waals surface area contributed by atoms with Crippen LogP contribution in [0.2, 0.25) is 0 Å². The van der Waals surface area contributed by atoms with E-state index in [-0.39, 0.29) is 30.2 Å². The van der Waals surface area contributed by atoms with Gasteiger partial charge in [-0.15, -0.1) is 0 Å². The highest BCUT2D eigenvalue weighted by Crippen LogP contribution is 2.32. The first-order valence-corrected chi connectivity index (χ1v) is 12.7. The lowest BCUT2D eigenvalue weighted by molar-refractivity contribution is -0.154. The van der Waals surface area contributed by atoms with Crippen LogP contribution in [0.3, 0.4) is 0 Å². The molecule has 178 valence electrons. The number of nitrogens with one attached hydrogen (secondary N) is 2. The second-order valence-corrected chi connectivity index (χ2v) is 9.96. The first kappa shape index (κ1) is 24.3. The van der Waals surface area contributed by atoms with Crippen LogP contribution in [0.15, 0.2) is 23.1 Å². The van der Waals surface area contributed by atoms with Crippen LogP contribution in [0, 0.1) is 5.92 Å². The zero-order valence-corrected chi connectivity index (χ0v) is 19.2. The summed E-state index contributed by atoms with van der Waals surface area (Å²) in [6.07, 6.45) is 5.27. The molecule has 0 bridgehead atoms. The van der Waals surface area contributed by atoms with Crippen molar-refractivity contribution in [1.29, 1.82) is 0 Å². The van der Waals surface area contributed by atoms with E-state index < -0.39 is 22.1 Å². The summed E-state index contributed by atoms with van der Waals surface area (Å²) in [5.41, 5.74) is 0. The average molecular weight is 469 g/mol. The lowest BCUT2D eigenvalue weighted by atomic mass is 9.89. The Morgan fingerprint density at radius 3 is 2.59 bits per heavy atom. The Kier molecular flexibility index (Phi) is 8.75. The van der Waals surface area contributed by atoms with Crippen LogP contribution < -0.4 is 19.5 Å². The van der Waals surface area contributed by atoms with E-state index in [1.165, 1.54) is 31.4 Å². The molecule has 1 aromatic rings. The van der Waals surface area contributed by atoms with Gasteiger partial charge in [0, 0.05) is 25.6 Å². The van der Waals surface area contributed by atoms with Gasteiger partial charge in [-0.25, -0.2) is 13.1 Å². The fraction of sp³-hybridized carbons (Fsp3) is 0.636. The number of fused-ring (bicyclic) bond motifs is 1. The van der Waals surface area contributed by atoms with E-state index in [9.17, 15) is 18.0 Å². The minimum Gasteiger partial charge on any atom is -0.486 e. The summed E-state index contributed by atoms with van der Waals surface area (Å²) in [7, 11) is -3.75. The number of rotatable bonds is 10. The first-order chi connectivity index (χ1) is 15.3. The third-order valence-electron chi connectivity index (χ3n) is 5.64. The average Bonchev–Trinajstić information content (AvgIpc) is 2.80. The Hall–Kier alpha value is -2.33. The third-order valence-corrected chi connectivity index (χ3v) is 7.10. The second-order valence-electron chi connectivity index (χ2n) is 8.19. The lowest BCUT2D eigenvalue weighted by Gasteiger charge is -2.22. The van der Waals surface area contributed by atoms with Crippen LogP contribution in [-0.2, 0) is 24.3 Å². The zero-order valence-electron chi connectivity index (χ0n) is 18.4. The zero-order chi connectivity index (χ0) is 23.0. The second kappa shape index (κ2) is 11.5. The largest absolute Gasteiger partial charge is 0.486 e. The highest BCUT2D eigenvalue weighted by molar-refractivity contribution is 7.89. The normalized spacial score (nSPS) is 17.4. The molecule has 1 unspecified atom stereocenters. The number of esters is 1. The van der Waals surface area contributed by atoms with Crippen molar-refractivity contribution in [3.8, 4) is 11.5 Å². The predicted molar refractivity (Wildman–Crippen MR) is 117 cm³/mol. The number of carbonyl (C=O) groups is 2. The topological polar surface area (TPSA) is 120 Å². The predicted octanol–water partition coefficient (Wildman–Crippen LogP) is 2.14. The molecule has 1 aromatic carbocycles. The fourth-order valence-electron chi connectivity index (χ4n) is 3.80. The van der Waals surface area contributed by atoms with Crippen LogP contribution in [-0.4, -0.2) is 52.7 Å². The molecular formula is C22H32N2O7S. The van der Waals surface area contributed by atoms with Crippen molar-refractivity contribution in [2.24, 2.45) is 5.92 Å². The number of ether oxygens (including phenoxy) is 3. The van der Waals surface area contributed by atoms with Crippen molar-refractivity contribution in [2.75, 3.05) is 26.3 Å². The molecule has 1 amide bonds. The molecule has 1 fully saturated rings. The Bertz CT molecular complexity index is 898. The summed E-state index contributed by atoms with van der Waals surface area (Å²) in [6.45, 7) is 3.01. The Morgan fingerprint density at radius 1 is 1.12 bits per heavy atom. The smallest absolute Gasteiger partial charge is 0.306 e. The van der Waals surface area contributed by atoms with E-state index in [2.05, 4.69) is 10.0 Å². The van der Waals surface area contributed by atoms with Crippen molar-refractivity contribution in [3.05, 3.63) is 18.2 Å².